The predicted molar refractivity (Wildman–Crippen MR) is 77.5 cm³/mol. The first-order valence-corrected chi connectivity index (χ1v) is 6.62. The van der Waals surface area contributed by atoms with Gasteiger partial charge in [-0.25, -0.2) is 0 Å². The van der Waals surface area contributed by atoms with Crippen LogP contribution in [0.15, 0.2) is 6.07 Å². The molecule has 0 aliphatic carbocycles. The second-order valence-electron chi connectivity index (χ2n) is 5.12. The number of amides is 1. The van der Waals surface area contributed by atoms with Crippen LogP contribution in [0.1, 0.15) is 11.1 Å². The molecule has 1 aromatic carbocycles. The molecule has 0 N–H and O–H groups in total. The topological polar surface area (TPSA) is 66.7 Å². The van der Waals surface area contributed by atoms with Crippen LogP contribution in [0.5, 0.6) is 0 Å². The van der Waals surface area contributed by atoms with E-state index in [2.05, 4.69) is 0 Å². The van der Waals surface area contributed by atoms with Gasteiger partial charge in [-0.1, -0.05) is 11.6 Å². The number of hydrogen-bond acceptors (Lipinski definition) is 4. The van der Waals surface area contributed by atoms with Gasteiger partial charge in [-0.05, 0) is 33.0 Å². The van der Waals surface area contributed by atoms with Crippen LogP contribution in [0.3, 0.4) is 0 Å². The number of hydrogen-bond donors (Lipinski definition) is 0. The Morgan fingerprint density at radius 2 is 2.20 bits per heavy atom. The van der Waals surface area contributed by atoms with Gasteiger partial charge < -0.3 is 9.80 Å². The number of halogens is 1. The molecular formula is C13H16ClN3O3. The van der Waals surface area contributed by atoms with Crippen molar-refractivity contribution in [2.45, 2.75) is 13.3 Å². The molecule has 1 aromatic rings. The first-order valence-electron chi connectivity index (χ1n) is 6.24. The molecule has 0 bridgehead atoms. The zero-order valence-corrected chi connectivity index (χ0v) is 12.4. The minimum absolute atomic E-state index is 0.00987. The summed E-state index contributed by atoms with van der Waals surface area (Å²) in [4.78, 5) is 26.2. The Morgan fingerprint density at radius 3 is 2.75 bits per heavy atom. The molecule has 2 rings (SSSR count). The number of carbonyl (C=O) groups excluding carboxylic acids is 1. The van der Waals surface area contributed by atoms with Crippen molar-refractivity contribution in [3.8, 4) is 0 Å². The second kappa shape index (κ2) is 5.38. The molecule has 0 unspecified atom stereocenters. The van der Waals surface area contributed by atoms with E-state index >= 15 is 0 Å². The molecule has 0 aromatic heterocycles. The number of rotatable bonds is 3. The van der Waals surface area contributed by atoms with E-state index in [0.29, 0.717) is 24.2 Å². The fourth-order valence-electron chi connectivity index (χ4n) is 2.50. The van der Waals surface area contributed by atoms with Gasteiger partial charge >= 0.3 is 0 Å². The Kier molecular flexibility index (Phi) is 3.96. The van der Waals surface area contributed by atoms with E-state index in [4.69, 9.17) is 11.6 Å². The van der Waals surface area contributed by atoms with Crippen LogP contribution >= 0.6 is 11.6 Å². The van der Waals surface area contributed by atoms with Gasteiger partial charge in [0.15, 0.2) is 0 Å². The molecule has 108 valence electrons. The van der Waals surface area contributed by atoms with Crippen LogP contribution < -0.4 is 4.90 Å². The number of nitrogens with zero attached hydrogens (tertiary/aromatic N) is 3. The van der Waals surface area contributed by atoms with Crippen LogP contribution in [0.2, 0.25) is 5.02 Å². The van der Waals surface area contributed by atoms with Crippen molar-refractivity contribution in [3.63, 3.8) is 0 Å². The maximum atomic E-state index is 12.2. The lowest BCUT2D eigenvalue weighted by molar-refractivity contribution is -0.385. The third kappa shape index (κ3) is 2.48. The molecule has 7 heteroatoms. The number of carbonyl (C=O) groups is 1. The molecule has 1 aliphatic heterocycles. The molecule has 0 atom stereocenters. The molecule has 1 heterocycles. The van der Waals surface area contributed by atoms with E-state index < -0.39 is 4.92 Å². The first-order chi connectivity index (χ1) is 9.32. The van der Waals surface area contributed by atoms with Crippen molar-refractivity contribution in [1.82, 2.24) is 4.90 Å². The number of nitro benzene ring substituents is 1. The molecule has 0 radical (unpaired) electrons. The summed E-state index contributed by atoms with van der Waals surface area (Å²) >= 11 is 6.15. The summed E-state index contributed by atoms with van der Waals surface area (Å²) < 4.78 is 0. The van der Waals surface area contributed by atoms with Crippen molar-refractivity contribution < 1.29 is 9.72 Å². The summed E-state index contributed by atoms with van der Waals surface area (Å²) in [5.74, 6) is -0.0519. The maximum Gasteiger partial charge on any atom is 0.274 e. The molecule has 0 saturated carbocycles. The Hall–Kier alpha value is -1.66. The van der Waals surface area contributed by atoms with Gasteiger partial charge in [0.1, 0.15) is 0 Å². The van der Waals surface area contributed by atoms with Gasteiger partial charge in [0.05, 0.1) is 22.2 Å². The maximum absolute atomic E-state index is 12.2. The zero-order chi connectivity index (χ0) is 15.0. The lowest BCUT2D eigenvalue weighted by atomic mass is 10.0. The van der Waals surface area contributed by atoms with Gasteiger partial charge in [0.2, 0.25) is 5.91 Å². The number of nitro groups is 1. The summed E-state index contributed by atoms with van der Waals surface area (Å²) in [6.07, 6.45) is 0.599. The number of likely N-dealkylation sites (N-methyl/N-ethyl adjacent to an activating group) is 1. The highest BCUT2D eigenvalue weighted by atomic mass is 35.5. The van der Waals surface area contributed by atoms with E-state index in [1.54, 1.807) is 16.7 Å². The van der Waals surface area contributed by atoms with Crippen molar-refractivity contribution in [3.05, 3.63) is 32.3 Å². The molecule has 20 heavy (non-hydrogen) atoms. The number of anilines is 1. The SMILES string of the molecule is Cc1c([N+](=O)[O-])cc(Cl)c2c1CCN2C(=O)CN(C)C. The first kappa shape index (κ1) is 14.7. The largest absolute Gasteiger partial charge is 0.309 e. The molecule has 0 saturated heterocycles. The summed E-state index contributed by atoms with van der Waals surface area (Å²) in [5, 5.41) is 11.3. The van der Waals surface area contributed by atoms with Gasteiger partial charge in [-0.15, -0.1) is 0 Å². The minimum atomic E-state index is -0.439. The van der Waals surface area contributed by atoms with Crippen LogP contribution in [0.4, 0.5) is 11.4 Å². The Labute approximate surface area is 122 Å². The Morgan fingerprint density at radius 1 is 1.55 bits per heavy atom. The predicted octanol–water partition coefficient (Wildman–Crippen LogP) is 2.01. The van der Waals surface area contributed by atoms with Crippen molar-refractivity contribution >= 4 is 28.9 Å². The highest BCUT2D eigenvalue weighted by Gasteiger charge is 2.32. The second-order valence-corrected chi connectivity index (χ2v) is 5.53. The standard InChI is InChI=1S/C13H16ClN3O3/c1-8-9-4-5-16(12(18)7-15(2)3)13(9)10(14)6-11(8)17(19)20/h6H,4-5,7H2,1-3H3. The summed E-state index contributed by atoms with van der Waals surface area (Å²) in [5.41, 5.74) is 2.03. The molecule has 6 nitrogen and oxygen atoms in total. The van der Waals surface area contributed by atoms with E-state index in [1.165, 1.54) is 6.07 Å². The van der Waals surface area contributed by atoms with Crippen LogP contribution in [-0.4, -0.2) is 42.9 Å². The molecule has 0 fully saturated rings. The Bertz CT molecular complexity index is 587. The van der Waals surface area contributed by atoms with Gasteiger partial charge in [0.25, 0.3) is 5.69 Å². The van der Waals surface area contributed by atoms with Gasteiger partial charge in [-0.2, -0.15) is 0 Å². The number of benzene rings is 1. The van der Waals surface area contributed by atoms with Crippen LogP contribution in [0.25, 0.3) is 0 Å². The quantitative estimate of drug-likeness (QED) is 0.632. The van der Waals surface area contributed by atoms with Crippen molar-refractivity contribution in [1.29, 1.82) is 0 Å². The fourth-order valence-corrected chi connectivity index (χ4v) is 2.82. The minimum Gasteiger partial charge on any atom is -0.309 e. The number of fused-ring (bicyclic) bond motifs is 1. The summed E-state index contributed by atoms with van der Waals surface area (Å²) in [6, 6.07) is 1.33. The average molecular weight is 298 g/mol. The van der Waals surface area contributed by atoms with Crippen molar-refractivity contribution in [2.75, 3.05) is 32.1 Å². The Balaban J connectivity index is 2.45. The highest BCUT2D eigenvalue weighted by Crippen LogP contribution is 2.41. The summed E-state index contributed by atoms with van der Waals surface area (Å²) in [6.45, 7) is 2.50. The lowest BCUT2D eigenvalue weighted by Gasteiger charge is -2.21. The third-order valence-electron chi connectivity index (χ3n) is 3.42. The molecule has 1 aliphatic rings. The van der Waals surface area contributed by atoms with Gasteiger partial charge in [0, 0.05) is 18.2 Å². The van der Waals surface area contributed by atoms with Crippen LogP contribution in [-0.2, 0) is 11.2 Å². The van der Waals surface area contributed by atoms with E-state index in [9.17, 15) is 14.9 Å². The monoisotopic (exact) mass is 297 g/mol. The van der Waals surface area contributed by atoms with E-state index in [0.717, 1.165) is 5.56 Å². The van der Waals surface area contributed by atoms with Gasteiger partial charge in [-0.3, -0.25) is 14.9 Å². The smallest absolute Gasteiger partial charge is 0.274 e. The molecular weight excluding hydrogens is 282 g/mol. The summed E-state index contributed by atoms with van der Waals surface area (Å²) in [7, 11) is 3.63. The van der Waals surface area contributed by atoms with E-state index in [1.807, 2.05) is 14.1 Å². The fraction of sp³-hybridized carbons (Fsp3) is 0.462. The van der Waals surface area contributed by atoms with Crippen molar-refractivity contribution in [2.24, 2.45) is 0 Å². The van der Waals surface area contributed by atoms with Crippen LogP contribution in [0, 0.1) is 17.0 Å². The average Bonchev–Trinajstić information content (AvgIpc) is 2.77. The highest BCUT2D eigenvalue weighted by molar-refractivity contribution is 6.34. The lowest BCUT2D eigenvalue weighted by Crippen LogP contribution is -2.36. The van der Waals surface area contributed by atoms with E-state index in [-0.39, 0.29) is 23.2 Å². The molecule has 0 spiro atoms. The normalized spacial score (nSPS) is 13.8. The molecule has 1 amide bonds. The third-order valence-corrected chi connectivity index (χ3v) is 3.71. The zero-order valence-electron chi connectivity index (χ0n) is 11.6.